The Kier molecular flexibility index (Phi) is 5.59. The molecule has 1 aliphatic heterocycles. The van der Waals surface area contributed by atoms with Crippen LogP contribution in [0.15, 0.2) is 47.7 Å². The fourth-order valence-electron chi connectivity index (χ4n) is 3.23. The number of benzene rings is 2. The maximum atomic E-state index is 12.2. The number of hydrogen-bond donors (Lipinski definition) is 0. The number of fused-ring (bicyclic) bond motifs is 1. The monoisotopic (exact) mass is 452 g/mol. The number of hydrogen-bond acceptors (Lipinski definition) is 6. The summed E-state index contributed by atoms with van der Waals surface area (Å²) in [5.74, 6) is -0.480. The number of pyridine rings is 1. The van der Waals surface area contributed by atoms with Crippen molar-refractivity contribution in [2.45, 2.75) is 19.8 Å². The van der Waals surface area contributed by atoms with E-state index < -0.39 is 18.1 Å². The Bertz CT molecular complexity index is 1290. The molecule has 0 unspecified atom stereocenters. The molecule has 0 saturated carbocycles. The number of carbonyl (C=O) groups is 2. The lowest BCUT2D eigenvalue weighted by Gasteiger charge is -2.22. The van der Waals surface area contributed by atoms with E-state index in [-0.39, 0.29) is 27.2 Å². The van der Waals surface area contributed by atoms with Crippen LogP contribution in [-0.2, 0) is 16.0 Å². The highest BCUT2D eigenvalue weighted by Gasteiger charge is 2.29. The third-order valence-electron chi connectivity index (χ3n) is 4.75. The molecule has 0 fully saturated rings. The molecule has 154 valence electrons. The number of nitriles is 1. The van der Waals surface area contributed by atoms with Crippen LogP contribution in [0.3, 0.4) is 0 Å². The molecule has 1 aromatic heterocycles. The molecule has 31 heavy (non-hydrogen) atoms. The van der Waals surface area contributed by atoms with Gasteiger partial charge in [0.15, 0.2) is 5.75 Å². The van der Waals surface area contributed by atoms with Crippen molar-refractivity contribution >= 4 is 57.2 Å². The van der Waals surface area contributed by atoms with Gasteiger partial charge in [-0.05, 0) is 48.4 Å². The molecular weight excluding hydrogens is 439 g/mol. The zero-order valence-corrected chi connectivity index (χ0v) is 17.7. The van der Waals surface area contributed by atoms with E-state index in [2.05, 4.69) is 17.0 Å². The van der Waals surface area contributed by atoms with E-state index in [4.69, 9.17) is 33.2 Å². The van der Waals surface area contributed by atoms with Gasteiger partial charge < -0.3 is 4.74 Å². The molecule has 0 aliphatic carbocycles. The number of rotatable bonds is 4. The fraction of sp³-hybridized carbons (Fsp3) is 0.136. The van der Waals surface area contributed by atoms with Crippen molar-refractivity contribution in [3.05, 3.63) is 58.2 Å². The molecule has 2 heterocycles. The number of aryl methyl sites for hydroxylation is 1. The summed E-state index contributed by atoms with van der Waals surface area (Å²) in [6.45, 7) is 2.06. The number of halogens is 2. The van der Waals surface area contributed by atoms with Crippen molar-refractivity contribution in [2.24, 2.45) is 5.10 Å². The van der Waals surface area contributed by atoms with Crippen molar-refractivity contribution < 1.29 is 14.3 Å². The van der Waals surface area contributed by atoms with Gasteiger partial charge in [-0.3, -0.25) is 14.6 Å². The predicted octanol–water partition coefficient (Wildman–Crippen LogP) is 5.08. The number of ketones is 1. The Balaban J connectivity index is 1.70. The number of nitrogens with zero attached hydrogens (tertiary/aromatic N) is 4. The van der Waals surface area contributed by atoms with Gasteiger partial charge in [-0.15, -0.1) is 0 Å². The molecule has 0 radical (unpaired) electrons. The van der Waals surface area contributed by atoms with Crippen LogP contribution in [0.25, 0.3) is 10.9 Å². The molecule has 1 amide bonds. The molecule has 0 atom stereocenters. The Morgan fingerprint density at radius 1 is 1.16 bits per heavy atom. The van der Waals surface area contributed by atoms with Crippen LogP contribution in [0.5, 0.6) is 11.5 Å². The van der Waals surface area contributed by atoms with Crippen LogP contribution in [0.4, 0.5) is 5.69 Å². The van der Waals surface area contributed by atoms with E-state index in [9.17, 15) is 9.59 Å². The van der Waals surface area contributed by atoms with E-state index in [0.29, 0.717) is 5.75 Å². The molecule has 9 heteroatoms. The van der Waals surface area contributed by atoms with E-state index in [1.165, 1.54) is 12.1 Å². The standard InChI is InChI=1S/C22H14Cl2N4O3/c1-2-12-5-6-26-18-4-3-14(9-15(12)18)31-22-16(23)7-13(8-17(22)24)28-21(30)10-20(29)19(11-25)27-28/h3-9H,2,10H2,1H3. The summed E-state index contributed by atoms with van der Waals surface area (Å²) in [5, 5.41) is 15.0. The summed E-state index contributed by atoms with van der Waals surface area (Å²) in [5.41, 5.74) is 1.85. The van der Waals surface area contributed by atoms with Crippen molar-refractivity contribution in [3.8, 4) is 17.6 Å². The van der Waals surface area contributed by atoms with Crippen LogP contribution in [0.1, 0.15) is 18.9 Å². The highest BCUT2D eigenvalue weighted by molar-refractivity contribution is 6.50. The third kappa shape index (κ3) is 3.96. The summed E-state index contributed by atoms with van der Waals surface area (Å²) < 4.78 is 5.94. The minimum absolute atomic E-state index is 0.142. The second kappa shape index (κ2) is 8.34. The molecule has 0 bridgehead atoms. The van der Waals surface area contributed by atoms with E-state index in [0.717, 1.165) is 27.9 Å². The number of amides is 1. The van der Waals surface area contributed by atoms with Gasteiger partial charge in [0.1, 0.15) is 11.8 Å². The highest BCUT2D eigenvalue weighted by atomic mass is 35.5. The number of ether oxygens (including phenoxy) is 1. The Morgan fingerprint density at radius 2 is 1.90 bits per heavy atom. The summed E-state index contributed by atoms with van der Waals surface area (Å²) >= 11 is 12.8. The lowest BCUT2D eigenvalue weighted by molar-refractivity contribution is -0.124. The maximum absolute atomic E-state index is 12.2. The zero-order valence-electron chi connectivity index (χ0n) is 16.2. The molecule has 0 saturated heterocycles. The van der Waals surface area contributed by atoms with Crippen molar-refractivity contribution in [3.63, 3.8) is 0 Å². The summed E-state index contributed by atoms with van der Waals surface area (Å²) in [4.78, 5) is 28.2. The van der Waals surface area contributed by atoms with Crippen LogP contribution < -0.4 is 9.75 Å². The van der Waals surface area contributed by atoms with Gasteiger partial charge in [-0.25, -0.2) is 0 Å². The van der Waals surface area contributed by atoms with Gasteiger partial charge >= 0.3 is 0 Å². The highest BCUT2D eigenvalue weighted by Crippen LogP contribution is 2.41. The first-order valence-electron chi connectivity index (χ1n) is 9.30. The Labute approximate surface area is 187 Å². The van der Waals surface area contributed by atoms with Gasteiger partial charge in [0, 0.05) is 11.6 Å². The predicted molar refractivity (Wildman–Crippen MR) is 118 cm³/mol. The minimum Gasteiger partial charge on any atom is -0.454 e. The number of aromatic nitrogens is 1. The molecule has 2 aromatic carbocycles. The molecule has 0 spiro atoms. The molecule has 0 N–H and O–H groups in total. The summed E-state index contributed by atoms with van der Waals surface area (Å²) in [6, 6.07) is 12.0. The largest absolute Gasteiger partial charge is 0.454 e. The van der Waals surface area contributed by atoms with E-state index >= 15 is 0 Å². The molecule has 3 aromatic rings. The lowest BCUT2D eigenvalue weighted by atomic mass is 10.1. The van der Waals surface area contributed by atoms with Gasteiger partial charge in [0.2, 0.25) is 11.5 Å². The zero-order chi connectivity index (χ0) is 22.1. The normalized spacial score (nSPS) is 13.9. The topological polar surface area (TPSA) is 95.7 Å². The van der Waals surface area contributed by atoms with Gasteiger partial charge in [-0.1, -0.05) is 30.1 Å². The van der Waals surface area contributed by atoms with Crippen molar-refractivity contribution in [1.82, 2.24) is 4.98 Å². The molecule has 7 nitrogen and oxygen atoms in total. The number of anilines is 1. The minimum atomic E-state index is -0.627. The molecule has 1 aliphatic rings. The molecular formula is C22H14Cl2N4O3. The Morgan fingerprint density at radius 3 is 2.58 bits per heavy atom. The Hall–Kier alpha value is -3.47. The lowest BCUT2D eigenvalue weighted by Crippen LogP contribution is -2.36. The quantitative estimate of drug-likeness (QED) is 0.514. The average Bonchev–Trinajstić information content (AvgIpc) is 2.75. The van der Waals surface area contributed by atoms with E-state index in [1.807, 2.05) is 18.2 Å². The smallest absolute Gasteiger partial charge is 0.255 e. The first kappa shape index (κ1) is 20.8. The van der Waals surface area contributed by atoms with Crippen LogP contribution >= 0.6 is 23.2 Å². The van der Waals surface area contributed by atoms with Gasteiger partial charge in [0.25, 0.3) is 5.91 Å². The average molecular weight is 453 g/mol. The number of carbonyl (C=O) groups excluding carboxylic acids is 2. The van der Waals surface area contributed by atoms with Crippen LogP contribution in [0, 0.1) is 11.3 Å². The SMILES string of the molecule is CCc1ccnc2ccc(Oc3c(Cl)cc(N4N=C(C#N)C(=O)CC4=O)cc3Cl)cc12. The fourth-order valence-corrected chi connectivity index (χ4v) is 3.78. The van der Waals surface area contributed by atoms with Crippen molar-refractivity contribution in [2.75, 3.05) is 5.01 Å². The van der Waals surface area contributed by atoms with Crippen LogP contribution in [-0.4, -0.2) is 22.4 Å². The second-order valence-electron chi connectivity index (χ2n) is 6.71. The number of hydrazone groups is 1. The second-order valence-corrected chi connectivity index (χ2v) is 7.52. The maximum Gasteiger partial charge on any atom is 0.255 e. The van der Waals surface area contributed by atoms with Gasteiger partial charge in [0.05, 0.1) is 27.7 Å². The van der Waals surface area contributed by atoms with Crippen molar-refractivity contribution in [1.29, 1.82) is 5.26 Å². The van der Waals surface area contributed by atoms with Crippen LogP contribution in [0.2, 0.25) is 10.0 Å². The van der Waals surface area contributed by atoms with Gasteiger partial charge in [-0.2, -0.15) is 15.4 Å². The third-order valence-corrected chi connectivity index (χ3v) is 5.31. The first-order valence-corrected chi connectivity index (χ1v) is 10.1. The van der Waals surface area contributed by atoms with E-state index in [1.54, 1.807) is 18.3 Å². The first-order chi connectivity index (χ1) is 14.9. The number of Topliss-reactive ketones (excluding diaryl/α,β-unsaturated/α-hetero) is 1. The summed E-state index contributed by atoms with van der Waals surface area (Å²) in [7, 11) is 0. The molecule has 4 rings (SSSR count). The summed E-state index contributed by atoms with van der Waals surface area (Å²) in [6.07, 6.45) is 2.16.